The van der Waals surface area contributed by atoms with Crippen LogP contribution in [-0.2, 0) is 55.6 Å². The normalized spacial score (nSPS) is 23.2. The minimum Gasteiger partial charge on any atom is -0.504 e. The molecule has 0 radical (unpaired) electrons. The number of imidazole rings is 1. The molecular weight excluding hydrogens is 809 g/mol. The molecule has 0 unspecified atom stereocenters. The second-order valence-electron chi connectivity index (χ2n) is 13.7. The van der Waals surface area contributed by atoms with Crippen molar-refractivity contribution < 1.29 is 67.8 Å². The van der Waals surface area contributed by atoms with Crippen molar-refractivity contribution in [1.82, 2.24) is 41.5 Å². The lowest BCUT2D eigenvalue weighted by Crippen LogP contribution is -2.62. The fraction of sp³-hybridized carbons (Fsp3) is 0.515. The summed E-state index contributed by atoms with van der Waals surface area (Å²) in [5, 5.41) is 41.8. The van der Waals surface area contributed by atoms with Crippen LogP contribution in [0.25, 0.3) is 0 Å². The molecule has 1 aromatic heterocycles. The Morgan fingerprint density at radius 3 is 2.19 bits per heavy atom. The number of hydrogen-bond donors (Lipinski definition) is 12. The van der Waals surface area contributed by atoms with Crippen molar-refractivity contribution in [1.29, 1.82) is 0 Å². The Morgan fingerprint density at radius 2 is 1.60 bits per heavy atom. The van der Waals surface area contributed by atoms with Gasteiger partial charge in [-0.15, -0.1) is 11.8 Å². The van der Waals surface area contributed by atoms with E-state index in [0.29, 0.717) is 11.3 Å². The van der Waals surface area contributed by atoms with Gasteiger partial charge in [0, 0.05) is 30.6 Å². The lowest BCUT2D eigenvalue weighted by Gasteiger charge is -2.28. The minimum atomic E-state index is -5.30. The number of amides is 7. The summed E-state index contributed by atoms with van der Waals surface area (Å²) >= 11 is 0.786. The Balaban J connectivity index is 2.08. The number of aromatic nitrogens is 2. The Kier molecular flexibility index (Phi) is 17.5. The second kappa shape index (κ2) is 21.5. The van der Waals surface area contributed by atoms with E-state index in [1.807, 2.05) is 0 Å². The van der Waals surface area contributed by atoms with Crippen LogP contribution in [0.2, 0.25) is 0 Å². The van der Waals surface area contributed by atoms with E-state index >= 15 is 0 Å². The first-order valence-corrected chi connectivity index (χ1v) is 20.3. The first-order valence-electron chi connectivity index (χ1n) is 17.7. The van der Waals surface area contributed by atoms with E-state index in [1.165, 1.54) is 30.7 Å². The van der Waals surface area contributed by atoms with Gasteiger partial charge in [0.05, 0.1) is 31.3 Å². The maximum absolute atomic E-state index is 13.8. The Hall–Kier alpha value is -5.26. The van der Waals surface area contributed by atoms with Crippen molar-refractivity contribution in [3.05, 3.63) is 42.0 Å². The highest BCUT2D eigenvalue weighted by atomic mass is 32.2. The molecule has 0 spiro atoms. The third-order valence-electron chi connectivity index (χ3n) is 8.41. The van der Waals surface area contributed by atoms with Gasteiger partial charge in [0.25, 0.3) is 0 Å². The maximum atomic E-state index is 13.8. The van der Waals surface area contributed by atoms with Gasteiger partial charge >= 0.3 is 7.82 Å². The van der Waals surface area contributed by atoms with E-state index in [4.69, 9.17) is 5.73 Å². The number of phenols is 2. The zero-order valence-electron chi connectivity index (χ0n) is 31.6. The molecule has 6 atom stereocenters. The molecule has 3 rings (SSSR count). The first kappa shape index (κ1) is 47.1. The molecule has 1 aromatic carbocycles. The smallest absolute Gasteiger partial charge is 0.469 e. The van der Waals surface area contributed by atoms with Crippen molar-refractivity contribution in [2.75, 3.05) is 24.7 Å². The number of rotatable bonds is 11. The van der Waals surface area contributed by atoms with Gasteiger partial charge in [-0.2, -0.15) is 0 Å². The van der Waals surface area contributed by atoms with Crippen LogP contribution in [0.3, 0.4) is 0 Å². The van der Waals surface area contributed by atoms with Crippen LogP contribution in [0.4, 0.5) is 0 Å². The van der Waals surface area contributed by atoms with Crippen LogP contribution >= 0.6 is 19.6 Å². The minimum absolute atomic E-state index is 0.0546. The van der Waals surface area contributed by atoms with Gasteiger partial charge in [0.2, 0.25) is 41.4 Å². The topological polar surface area (TPSA) is 365 Å². The van der Waals surface area contributed by atoms with Crippen LogP contribution < -0.4 is 32.3 Å². The number of phosphoric acid groups is 1. The SMILES string of the molecule is CC(C)C[C@@H]1NC(=O)CN(Cc2ccc(O)c(O)c2)C(=O)CSC[C@H](C(N)=O)NC(=O)[C@H]([C@@H](C)OP(=O)(O)O)NC(=O)[C@H](CO)NC(=O)[C@H](Cc2cnc[nH]2)NC1=O. The van der Waals surface area contributed by atoms with Gasteiger partial charge in [-0.25, -0.2) is 9.55 Å². The molecule has 2 heterocycles. The third-order valence-corrected chi connectivity index (χ3v) is 10.0. The molecule has 2 aromatic rings. The monoisotopic (exact) mass is 857 g/mol. The fourth-order valence-corrected chi connectivity index (χ4v) is 7.05. The summed E-state index contributed by atoms with van der Waals surface area (Å²) in [5.41, 5.74) is 6.15. The van der Waals surface area contributed by atoms with Crippen LogP contribution in [0.15, 0.2) is 30.7 Å². The molecule has 1 saturated heterocycles. The first-order chi connectivity index (χ1) is 27.2. The molecule has 58 heavy (non-hydrogen) atoms. The highest BCUT2D eigenvalue weighted by molar-refractivity contribution is 8.00. The summed E-state index contributed by atoms with van der Waals surface area (Å²) < 4.78 is 16.3. The van der Waals surface area contributed by atoms with Gasteiger partial charge < -0.3 is 67.3 Å². The zero-order chi connectivity index (χ0) is 43.3. The summed E-state index contributed by atoms with van der Waals surface area (Å²) in [7, 11) is -5.30. The van der Waals surface area contributed by atoms with Gasteiger partial charge in [-0.1, -0.05) is 19.9 Å². The molecule has 0 bridgehead atoms. The quantitative estimate of drug-likeness (QED) is 0.0773. The number of thioether (sulfide) groups is 1. The van der Waals surface area contributed by atoms with Crippen molar-refractivity contribution >= 4 is 60.9 Å². The van der Waals surface area contributed by atoms with Crippen LogP contribution in [0, 0.1) is 5.92 Å². The molecule has 25 heteroatoms. The van der Waals surface area contributed by atoms with Crippen LogP contribution in [-0.4, -0.2) is 142 Å². The molecule has 0 aliphatic carbocycles. The number of nitrogens with zero attached hydrogens (tertiary/aromatic N) is 2. The van der Waals surface area contributed by atoms with E-state index in [1.54, 1.807) is 13.8 Å². The predicted octanol–water partition coefficient (Wildman–Crippen LogP) is -3.42. The lowest BCUT2D eigenvalue weighted by molar-refractivity contribution is -0.137. The maximum Gasteiger partial charge on any atom is 0.469 e. The van der Waals surface area contributed by atoms with E-state index in [0.717, 1.165) is 23.6 Å². The number of hydrogen-bond acceptors (Lipinski definition) is 14. The number of primary amides is 1. The van der Waals surface area contributed by atoms with Crippen molar-refractivity contribution in [3.8, 4) is 11.5 Å². The summed E-state index contributed by atoms with van der Waals surface area (Å²) in [6, 6.07) is -4.41. The number of H-pyrrole nitrogens is 1. The molecule has 23 nitrogen and oxygen atoms in total. The lowest BCUT2D eigenvalue weighted by atomic mass is 10.0. The highest BCUT2D eigenvalue weighted by Gasteiger charge is 2.37. The average Bonchev–Trinajstić information content (AvgIpc) is 3.64. The van der Waals surface area contributed by atoms with E-state index in [9.17, 15) is 63.2 Å². The van der Waals surface area contributed by atoms with E-state index in [-0.39, 0.29) is 31.1 Å². The number of aliphatic hydroxyl groups excluding tert-OH is 1. The van der Waals surface area contributed by atoms with E-state index in [2.05, 4.69) is 41.1 Å². The summed E-state index contributed by atoms with van der Waals surface area (Å²) in [6.45, 7) is 2.54. The van der Waals surface area contributed by atoms with E-state index < -0.39 is 116 Å². The standard InChI is InChI=1S/C33H48N9O14PS/c1-16(2)6-20-30(49)38-21(8-19-9-35-15-36-19)31(50)39-22(12-43)32(51)41-28(17(3)56-57(53,54)55)33(52)40-23(29(34)48)13-58-14-27(47)42(11-26(46)37-20)10-18-4-5-24(44)25(45)7-18/h4-5,7,9,15-17,20-23,28,43-45H,6,8,10-14H2,1-3H3,(H2,34,48)(H,35,36)(H,37,46)(H,38,49)(H,39,50)(H,40,52)(H,41,51)(H2,53,54,55)/t17-,20+,21+,22+,23-,28+/m1/s1. The van der Waals surface area contributed by atoms with Crippen LogP contribution in [0.1, 0.15) is 38.4 Å². The number of aliphatic hydroxyl groups is 1. The number of carbonyl (C=O) groups is 7. The summed E-state index contributed by atoms with van der Waals surface area (Å²) in [5.74, 6) is -8.92. The number of phenolic OH excluding ortho intramolecular Hbond substituents is 2. The molecule has 1 aliphatic heterocycles. The fourth-order valence-electron chi connectivity index (χ4n) is 5.54. The Bertz CT molecular complexity index is 1850. The van der Waals surface area contributed by atoms with Gasteiger partial charge in [-0.05, 0) is 37.0 Å². The summed E-state index contributed by atoms with van der Waals surface area (Å²) in [4.78, 5) is 121. The number of benzene rings is 1. The molecule has 0 saturated carbocycles. The number of nitrogens with two attached hydrogens (primary N) is 1. The Morgan fingerprint density at radius 1 is 0.948 bits per heavy atom. The highest BCUT2D eigenvalue weighted by Crippen LogP contribution is 2.38. The number of nitrogens with one attached hydrogen (secondary N) is 6. The van der Waals surface area contributed by atoms with Crippen molar-refractivity contribution in [2.24, 2.45) is 11.7 Å². The predicted molar refractivity (Wildman–Crippen MR) is 203 cm³/mol. The number of carbonyl (C=O) groups excluding carboxylic acids is 7. The zero-order valence-corrected chi connectivity index (χ0v) is 33.3. The number of phosphoric ester groups is 1. The molecule has 1 fully saturated rings. The number of aromatic hydroxyl groups is 2. The van der Waals surface area contributed by atoms with Crippen molar-refractivity contribution in [3.63, 3.8) is 0 Å². The Labute approximate surface area is 335 Å². The largest absolute Gasteiger partial charge is 0.504 e. The van der Waals surface area contributed by atoms with Gasteiger partial charge in [0.15, 0.2) is 11.5 Å². The third kappa shape index (κ3) is 14.9. The van der Waals surface area contributed by atoms with Gasteiger partial charge in [0.1, 0.15) is 30.2 Å². The summed E-state index contributed by atoms with van der Waals surface area (Å²) in [6.07, 6.45) is 0.665. The van der Waals surface area contributed by atoms with Crippen molar-refractivity contribution in [2.45, 2.75) is 76.5 Å². The molecular formula is C33H48N9O14PS. The molecule has 13 N–H and O–H groups in total. The average molecular weight is 858 g/mol. The second-order valence-corrected chi connectivity index (χ2v) is 15.9. The van der Waals surface area contributed by atoms with Gasteiger partial charge in [-0.3, -0.25) is 38.1 Å². The number of aromatic amines is 1. The van der Waals surface area contributed by atoms with Crippen LogP contribution in [0.5, 0.6) is 11.5 Å². The molecule has 320 valence electrons. The molecule has 7 amide bonds. The molecule has 1 aliphatic rings.